The number of hydrogen-bond acceptors (Lipinski definition) is 3. The minimum absolute atomic E-state index is 0.142. The van der Waals surface area contributed by atoms with Gasteiger partial charge in [0, 0.05) is 12.6 Å². The maximum absolute atomic E-state index is 8.62. The van der Waals surface area contributed by atoms with Crippen molar-refractivity contribution in [3.63, 3.8) is 0 Å². The first-order valence-electron chi connectivity index (χ1n) is 7.78. The van der Waals surface area contributed by atoms with E-state index >= 15 is 0 Å². The van der Waals surface area contributed by atoms with Gasteiger partial charge >= 0.3 is 0 Å². The summed E-state index contributed by atoms with van der Waals surface area (Å²) >= 11 is 0. The highest BCUT2D eigenvalue weighted by molar-refractivity contribution is 5.01. The second-order valence-electron chi connectivity index (χ2n) is 6.60. The summed E-state index contributed by atoms with van der Waals surface area (Å²) in [6.45, 7) is 2.49. The van der Waals surface area contributed by atoms with Gasteiger partial charge in [0.1, 0.15) is 0 Å². The molecule has 4 fully saturated rings. The molecule has 2 N–H and O–H groups in total. The van der Waals surface area contributed by atoms with E-state index in [4.69, 9.17) is 9.84 Å². The molecule has 0 aromatic heterocycles. The molecule has 4 aliphatic rings. The van der Waals surface area contributed by atoms with E-state index in [1.807, 2.05) is 0 Å². The molecule has 0 atom stereocenters. The Bertz CT molecular complexity index is 241. The molecule has 104 valence electrons. The molecule has 4 saturated carbocycles. The molecule has 0 unspecified atom stereocenters. The molecule has 3 heteroatoms. The van der Waals surface area contributed by atoms with Crippen molar-refractivity contribution in [3.8, 4) is 0 Å². The number of aliphatic hydroxyl groups excluding tert-OH is 1. The van der Waals surface area contributed by atoms with Crippen molar-refractivity contribution in [1.82, 2.24) is 5.32 Å². The van der Waals surface area contributed by atoms with Crippen LogP contribution in [0.2, 0.25) is 0 Å². The molecule has 0 aliphatic heterocycles. The van der Waals surface area contributed by atoms with Crippen molar-refractivity contribution < 1.29 is 9.84 Å². The van der Waals surface area contributed by atoms with Crippen LogP contribution < -0.4 is 5.32 Å². The van der Waals surface area contributed by atoms with Crippen LogP contribution in [-0.2, 0) is 4.74 Å². The van der Waals surface area contributed by atoms with E-state index in [9.17, 15) is 0 Å². The van der Waals surface area contributed by atoms with Crippen LogP contribution in [0.15, 0.2) is 0 Å². The third-order valence-corrected chi connectivity index (χ3v) is 5.31. The van der Waals surface area contributed by atoms with E-state index in [0.717, 1.165) is 49.3 Å². The lowest BCUT2D eigenvalue weighted by atomic mass is 9.54. The van der Waals surface area contributed by atoms with Crippen molar-refractivity contribution in [3.05, 3.63) is 0 Å². The van der Waals surface area contributed by atoms with Gasteiger partial charge in [0.2, 0.25) is 0 Å². The van der Waals surface area contributed by atoms with Gasteiger partial charge in [0.05, 0.1) is 13.2 Å². The van der Waals surface area contributed by atoms with E-state index in [1.165, 1.54) is 32.1 Å². The van der Waals surface area contributed by atoms with Crippen LogP contribution in [0.25, 0.3) is 0 Å². The lowest BCUT2D eigenvalue weighted by molar-refractivity contribution is -0.0143. The van der Waals surface area contributed by atoms with Gasteiger partial charge in [-0.15, -0.1) is 0 Å². The van der Waals surface area contributed by atoms with Crippen molar-refractivity contribution >= 4 is 0 Å². The molecule has 0 amide bonds. The maximum Gasteiger partial charge on any atom is 0.0697 e. The zero-order valence-electron chi connectivity index (χ0n) is 11.3. The molecule has 0 radical (unpaired) electrons. The van der Waals surface area contributed by atoms with Crippen molar-refractivity contribution in [2.45, 2.75) is 44.6 Å². The number of hydrogen-bond donors (Lipinski definition) is 2. The average molecular weight is 253 g/mol. The lowest BCUT2D eigenvalue weighted by Crippen LogP contribution is -2.54. The fourth-order valence-corrected chi connectivity index (χ4v) is 4.87. The molecule has 0 aromatic rings. The van der Waals surface area contributed by atoms with Gasteiger partial charge in [0.25, 0.3) is 0 Å². The monoisotopic (exact) mass is 253 g/mol. The SMILES string of the molecule is OCCOCCCNC1C2CC3CC(C2)CC1C3. The van der Waals surface area contributed by atoms with Crippen LogP contribution in [0.5, 0.6) is 0 Å². The van der Waals surface area contributed by atoms with Crippen molar-refractivity contribution in [2.75, 3.05) is 26.4 Å². The standard InChI is InChI=1S/C15H27NO2/c17-3-5-18-4-1-2-16-15-13-7-11-6-12(9-13)10-14(15)8-11/h11-17H,1-10H2. The summed E-state index contributed by atoms with van der Waals surface area (Å²) in [5.41, 5.74) is 0. The summed E-state index contributed by atoms with van der Waals surface area (Å²) < 4.78 is 5.30. The Kier molecular flexibility index (Phi) is 4.22. The first-order chi connectivity index (χ1) is 8.86. The third-order valence-electron chi connectivity index (χ3n) is 5.31. The zero-order valence-corrected chi connectivity index (χ0v) is 11.3. The number of rotatable bonds is 7. The molecule has 3 nitrogen and oxygen atoms in total. The largest absolute Gasteiger partial charge is 0.394 e. The van der Waals surface area contributed by atoms with Crippen LogP contribution in [-0.4, -0.2) is 37.5 Å². The van der Waals surface area contributed by atoms with E-state index < -0.39 is 0 Å². The highest BCUT2D eigenvalue weighted by Crippen LogP contribution is 2.53. The smallest absolute Gasteiger partial charge is 0.0697 e. The summed E-state index contributed by atoms with van der Waals surface area (Å²) in [5.74, 6) is 4.08. The average Bonchev–Trinajstić information content (AvgIpc) is 2.35. The van der Waals surface area contributed by atoms with E-state index in [2.05, 4.69) is 5.32 Å². The Balaban J connectivity index is 1.38. The van der Waals surface area contributed by atoms with Gasteiger partial charge in [-0.05, 0) is 68.7 Å². The Labute approximate surface area is 110 Å². The predicted octanol–water partition coefficient (Wildman–Crippen LogP) is 1.80. The quantitative estimate of drug-likeness (QED) is 0.680. The molecular formula is C15H27NO2. The zero-order chi connectivity index (χ0) is 12.4. The molecule has 18 heavy (non-hydrogen) atoms. The topological polar surface area (TPSA) is 41.5 Å². The molecule has 4 aliphatic carbocycles. The lowest BCUT2D eigenvalue weighted by Gasteiger charge is -2.54. The fourth-order valence-electron chi connectivity index (χ4n) is 4.87. The summed E-state index contributed by atoms with van der Waals surface area (Å²) in [5, 5.41) is 12.4. The van der Waals surface area contributed by atoms with Crippen LogP contribution in [0.3, 0.4) is 0 Å². The van der Waals surface area contributed by atoms with Gasteiger partial charge < -0.3 is 15.2 Å². The second-order valence-corrected chi connectivity index (χ2v) is 6.60. The molecule has 0 heterocycles. The van der Waals surface area contributed by atoms with Crippen LogP contribution in [0.1, 0.15) is 38.5 Å². The molecular weight excluding hydrogens is 226 g/mol. The molecule has 0 aromatic carbocycles. The number of aliphatic hydroxyl groups is 1. The van der Waals surface area contributed by atoms with E-state index in [0.29, 0.717) is 6.61 Å². The first kappa shape index (κ1) is 12.9. The predicted molar refractivity (Wildman–Crippen MR) is 71.4 cm³/mol. The highest BCUT2D eigenvalue weighted by Gasteiger charge is 2.47. The van der Waals surface area contributed by atoms with Crippen LogP contribution in [0, 0.1) is 23.7 Å². The minimum atomic E-state index is 0.142. The van der Waals surface area contributed by atoms with Crippen LogP contribution >= 0.6 is 0 Å². The Morgan fingerprint density at radius 1 is 0.944 bits per heavy atom. The molecule has 0 spiro atoms. The van der Waals surface area contributed by atoms with Crippen LogP contribution in [0.4, 0.5) is 0 Å². The number of nitrogens with one attached hydrogen (secondary N) is 1. The molecule has 0 saturated heterocycles. The highest BCUT2D eigenvalue weighted by atomic mass is 16.5. The third kappa shape index (κ3) is 2.73. The Hall–Kier alpha value is -0.120. The summed E-state index contributed by atoms with van der Waals surface area (Å²) in [4.78, 5) is 0. The normalized spacial score (nSPS) is 41.5. The van der Waals surface area contributed by atoms with Gasteiger partial charge in [-0.1, -0.05) is 0 Å². The van der Waals surface area contributed by atoms with Crippen molar-refractivity contribution in [2.24, 2.45) is 23.7 Å². The van der Waals surface area contributed by atoms with E-state index in [1.54, 1.807) is 0 Å². The maximum atomic E-state index is 8.62. The van der Waals surface area contributed by atoms with Crippen molar-refractivity contribution in [1.29, 1.82) is 0 Å². The van der Waals surface area contributed by atoms with Gasteiger partial charge in [-0.25, -0.2) is 0 Å². The fraction of sp³-hybridized carbons (Fsp3) is 1.00. The summed E-state index contributed by atoms with van der Waals surface area (Å²) in [6, 6.07) is 0.802. The number of ether oxygens (including phenoxy) is 1. The summed E-state index contributed by atoms with van der Waals surface area (Å²) in [6.07, 6.45) is 8.58. The van der Waals surface area contributed by atoms with Gasteiger partial charge in [0.15, 0.2) is 0 Å². The Morgan fingerprint density at radius 2 is 1.61 bits per heavy atom. The Morgan fingerprint density at radius 3 is 2.22 bits per heavy atom. The molecule has 4 rings (SSSR count). The molecule has 4 bridgehead atoms. The minimum Gasteiger partial charge on any atom is -0.394 e. The summed E-state index contributed by atoms with van der Waals surface area (Å²) in [7, 11) is 0. The first-order valence-corrected chi connectivity index (χ1v) is 7.78. The van der Waals surface area contributed by atoms with Gasteiger partial charge in [-0.3, -0.25) is 0 Å². The van der Waals surface area contributed by atoms with Gasteiger partial charge in [-0.2, -0.15) is 0 Å². The second kappa shape index (κ2) is 5.89. The van der Waals surface area contributed by atoms with E-state index in [-0.39, 0.29) is 6.61 Å².